The van der Waals surface area contributed by atoms with Gasteiger partial charge in [0.25, 0.3) is 0 Å². The van der Waals surface area contributed by atoms with Crippen LogP contribution in [0.3, 0.4) is 0 Å². The molecule has 1 unspecified atom stereocenters. The number of nitrogens with one attached hydrogen (secondary N) is 1. The average Bonchev–Trinajstić information content (AvgIpc) is 3.06. The van der Waals surface area contributed by atoms with Gasteiger partial charge in [0.2, 0.25) is 0 Å². The van der Waals surface area contributed by atoms with Crippen LogP contribution in [0.1, 0.15) is 60.0 Å². The number of hydrogen-bond donors (Lipinski definition) is 1. The molecule has 0 aromatic carbocycles. The lowest BCUT2D eigenvalue weighted by molar-refractivity contribution is 0.522. The van der Waals surface area contributed by atoms with E-state index in [9.17, 15) is 0 Å². The molecule has 0 saturated heterocycles. The Labute approximate surface area is 124 Å². The van der Waals surface area contributed by atoms with E-state index in [4.69, 9.17) is 4.98 Å². The van der Waals surface area contributed by atoms with Crippen molar-refractivity contribution in [1.82, 2.24) is 10.3 Å². The number of likely N-dealkylation sites (N-methyl/N-ethyl adjacent to an activating group) is 1. The molecule has 2 nitrogen and oxygen atoms in total. The summed E-state index contributed by atoms with van der Waals surface area (Å²) in [5, 5.41) is 5.61. The quantitative estimate of drug-likeness (QED) is 0.890. The fourth-order valence-electron chi connectivity index (χ4n) is 3.31. The maximum atomic E-state index is 4.97. The van der Waals surface area contributed by atoms with Crippen molar-refractivity contribution in [3.63, 3.8) is 0 Å². The highest BCUT2D eigenvalue weighted by Gasteiger charge is 2.24. The van der Waals surface area contributed by atoms with Gasteiger partial charge in [-0.1, -0.05) is 12.8 Å². The summed E-state index contributed by atoms with van der Waals surface area (Å²) in [5.74, 6) is 1.81. The number of thiazole rings is 1. The lowest BCUT2D eigenvalue weighted by Gasteiger charge is -2.20. The third-order valence-corrected chi connectivity index (χ3v) is 7.01. The summed E-state index contributed by atoms with van der Waals surface area (Å²) in [4.78, 5) is 6.55. The first-order valence-electron chi connectivity index (χ1n) is 7.61. The van der Waals surface area contributed by atoms with Crippen molar-refractivity contribution in [2.24, 2.45) is 0 Å². The van der Waals surface area contributed by atoms with E-state index < -0.39 is 0 Å². The molecule has 3 rings (SSSR count). The van der Waals surface area contributed by atoms with E-state index in [0.29, 0.717) is 5.92 Å². The van der Waals surface area contributed by atoms with Gasteiger partial charge in [-0.15, -0.1) is 11.3 Å². The molecule has 1 aromatic rings. The molecule has 0 radical (unpaired) electrons. The van der Waals surface area contributed by atoms with Crippen LogP contribution in [-0.4, -0.2) is 23.8 Å². The van der Waals surface area contributed by atoms with Crippen LogP contribution in [0.25, 0.3) is 0 Å². The third kappa shape index (κ3) is 3.34. The Bertz CT molecular complexity index is 410. The average molecular weight is 297 g/mol. The lowest BCUT2D eigenvalue weighted by Crippen LogP contribution is -2.21. The molecule has 1 heterocycles. The molecule has 106 valence electrons. The Kier molecular flexibility index (Phi) is 4.83. The van der Waals surface area contributed by atoms with Crippen molar-refractivity contribution in [2.45, 2.75) is 61.9 Å². The molecule has 0 bridgehead atoms. The molecule has 1 fully saturated rings. The van der Waals surface area contributed by atoms with Gasteiger partial charge < -0.3 is 5.32 Å². The highest BCUT2D eigenvalue weighted by atomic mass is 32.2. The summed E-state index contributed by atoms with van der Waals surface area (Å²) in [6.45, 7) is 1.09. The molecule has 0 aliphatic heterocycles. The minimum atomic E-state index is 0.662. The van der Waals surface area contributed by atoms with Gasteiger partial charge in [-0.2, -0.15) is 11.8 Å². The van der Waals surface area contributed by atoms with Gasteiger partial charge >= 0.3 is 0 Å². The second-order valence-electron chi connectivity index (χ2n) is 5.78. The van der Waals surface area contributed by atoms with Crippen LogP contribution >= 0.6 is 23.1 Å². The van der Waals surface area contributed by atoms with Gasteiger partial charge in [0.05, 0.1) is 5.69 Å². The fourth-order valence-corrected chi connectivity index (χ4v) is 5.85. The van der Waals surface area contributed by atoms with Gasteiger partial charge in [-0.3, -0.25) is 0 Å². The smallest absolute Gasteiger partial charge is 0.103 e. The molecule has 1 N–H and O–H groups in total. The summed E-state index contributed by atoms with van der Waals surface area (Å²) >= 11 is 4.14. The summed E-state index contributed by atoms with van der Waals surface area (Å²) < 4.78 is 0. The van der Waals surface area contributed by atoms with Crippen molar-refractivity contribution in [3.05, 3.63) is 15.6 Å². The van der Waals surface area contributed by atoms with Gasteiger partial charge in [0.15, 0.2) is 0 Å². The Balaban J connectivity index is 1.63. The minimum absolute atomic E-state index is 0.662. The molecule has 0 amide bonds. The Morgan fingerprint density at radius 1 is 1.26 bits per heavy atom. The van der Waals surface area contributed by atoms with E-state index in [-0.39, 0.29) is 0 Å². The molecule has 2 aliphatic rings. The maximum Gasteiger partial charge on any atom is 0.103 e. The lowest BCUT2D eigenvalue weighted by atomic mass is 9.91. The van der Waals surface area contributed by atoms with Crippen LogP contribution in [0.2, 0.25) is 0 Å². The predicted molar refractivity (Wildman–Crippen MR) is 85.3 cm³/mol. The number of fused-ring (bicyclic) bond motifs is 1. The van der Waals surface area contributed by atoms with Crippen LogP contribution in [0, 0.1) is 0 Å². The first kappa shape index (κ1) is 13.9. The monoisotopic (exact) mass is 296 g/mol. The van der Waals surface area contributed by atoms with E-state index in [0.717, 1.165) is 17.5 Å². The van der Waals surface area contributed by atoms with Gasteiger partial charge in [-0.25, -0.2) is 4.98 Å². The third-order valence-electron chi connectivity index (χ3n) is 4.31. The molecule has 1 atom stereocenters. The zero-order valence-electron chi connectivity index (χ0n) is 11.8. The maximum absolute atomic E-state index is 4.97. The normalized spacial score (nSPS) is 23.7. The zero-order valence-corrected chi connectivity index (χ0v) is 13.4. The van der Waals surface area contributed by atoms with Crippen molar-refractivity contribution < 1.29 is 0 Å². The van der Waals surface area contributed by atoms with E-state index in [1.165, 1.54) is 55.6 Å². The Hall–Kier alpha value is -0.0600. The largest absolute Gasteiger partial charge is 0.319 e. The number of thioether (sulfide) groups is 1. The molecule has 1 saturated carbocycles. The molecule has 4 heteroatoms. The summed E-state index contributed by atoms with van der Waals surface area (Å²) in [6.07, 6.45) is 9.66. The number of hydrogen-bond acceptors (Lipinski definition) is 4. The molecular weight excluding hydrogens is 272 g/mol. The second kappa shape index (κ2) is 6.59. The first-order valence-corrected chi connectivity index (χ1v) is 9.48. The van der Waals surface area contributed by atoms with Gasteiger partial charge in [-0.05, 0) is 39.2 Å². The van der Waals surface area contributed by atoms with Gasteiger partial charge in [0, 0.05) is 28.3 Å². The molecule has 2 aliphatic carbocycles. The van der Waals surface area contributed by atoms with Gasteiger partial charge in [0.1, 0.15) is 5.01 Å². The zero-order chi connectivity index (χ0) is 13.1. The number of nitrogens with zero attached hydrogens (tertiary/aromatic N) is 1. The van der Waals surface area contributed by atoms with Crippen LogP contribution in [0.5, 0.6) is 0 Å². The molecule has 19 heavy (non-hydrogen) atoms. The van der Waals surface area contributed by atoms with E-state index >= 15 is 0 Å². The van der Waals surface area contributed by atoms with Crippen LogP contribution in [-0.2, 0) is 12.2 Å². The number of aromatic nitrogens is 1. The highest BCUT2D eigenvalue weighted by Crippen LogP contribution is 2.37. The van der Waals surface area contributed by atoms with Crippen LogP contribution in [0.4, 0.5) is 0 Å². The minimum Gasteiger partial charge on any atom is -0.319 e. The number of rotatable bonds is 5. The number of aryl methyl sites for hydroxylation is 1. The van der Waals surface area contributed by atoms with Crippen molar-refractivity contribution >= 4 is 23.1 Å². The first-order chi connectivity index (χ1) is 9.36. The van der Waals surface area contributed by atoms with Crippen molar-refractivity contribution in [3.8, 4) is 0 Å². The summed E-state index contributed by atoms with van der Waals surface area (Å²) in [6, 6.07) is 0. The molecular formula is C15H24N2S2. The second-order valence-corrected chi connectivity index (χ2v) is 8.24. The van der Waals surface area contributed by atoms with E-state index in [2.05, 4.69) is 24.1 Å². The highest BCUT2D eigenvalue weighted by molar-refractivity contribution is 7.99. The topological polar surface area (TPSA) is 24.9 Å². The molecule has 0 spiro atoms. The standard InChI is InChI=1S/C15H24N2S2/c1-16-9-11-5-4-8-13-15(11)17-14(19-13)10-18-12-6-2-3-7-12/h11-12,16H,2-10H2,1H3. The molecule has 1 aromatic heterocycles. The van der Waals surface area contributed by atoms with Crippen LogP contribution in [0.15, 0.2) is 0 Å². The van der Waals surface area contributed by atoms with E-state index in [1.807, 2.05) is 11.3 Å². The summed E-state index contributed by atoms with van der Waals surface area (Å²) in [5.41, 5.74) is 1.42. The SMILES string of the molecule is CNCC1CCCc2sc(CSC3CCCC3)nc21. The Morgan fingerprint density at radius 3 is 2.89 bits per heavy atom. The van der Waals surface area contributed by atoms with Crippen molar-refractivity contribution in [2.75, 3.05) is 13.6 Å². The summed E-state index contributed by atoms with van der Waals surface area (Å²) in [7, 11) is 2.05. The fraction of sp³-hybridized carbons (Fsp3) is 0.800. The predicted octanol–water partition coefficient (Wildman–Crippen LogP) is 3.96. The van der Waals surface area contributed by atoms with E-state index in [1.54, 1.807) is 4.88 Å². The van der Waals surface area contributed by atoms with Crippen molar-refractivity contribution in [1.29, 1.82) is 0 Å². The Morgan fingerprint density at radius 2 is 2.11 bits per heavy atom. The van der Waals surface area contributed by atoms with Crippen LogP contribution < -0.4 is 5.32 Å².